The molecule has 4 rings (SSSR count). The lowest BCUT2D eigenvalue weighted by atomic mass is 9.82. The Kier molecular flexibility index (Phi) is 6.03. The van der Waals surface area contributed by atoms with Gasteiger partial charge >= 0.3 is 0 Å². The molecule has 4 aromatic rings. The standard InChI is InChI=1S/C32H36N2/c1-31(2,3)24-13-7-22(8-14-24)29-27(21-11-17-26(33)18-12-21)19-20-28(34)30(29)23-9-15-25(16-10-23)32(4,5)6/h7-20H,33-34H2,1-6H3. The van der Waals surface area contributed by atoms with E-state index >= 15 is 0 Å². The topological polar surface area (TPSA) is 52.0 Å². The van der Waals surface area contributed by atoms with Gasteiger partial charge in [0.15, 0.2) is 0 Å². The van der Waals surface area contributed by atoms with Crippen molar-refractivity contribution in [1.29, 1.82) is 0 Å². The molecule has 0 fully saturated rings. The Morgan fingerprint density at radius 2 is 0.853 bits per heavy atom. The van der Waals surface area contributed by atoms with Crippen LogP contribution in [-0.4, -0.2) is 0 Å². The summed E-state index contributed by atoms with van der Waals surface area (Å²) in [6.45, 7) is 13.4. The Bertz CT molecular complexity index is 1280. The van der Waals surface area contributed by atoms with Gasteiger partial charge in [-0.15, -0.1) is 0 Å². The van der Waals surface area contributed by atoms with Gasteiger partial charge < -0.3 is 11.5 Å². The molecule has 4 aromatic carbocycles. The Balaban J connectivity index is 1.97. The normalized spacial score (nSPS) is 12.1. The van der Waals surface area contributed by atoms with Crippen molar-refractivity contribution in [3.63, 3.8) is 0 Å². The predicted molar refractivity (Wildman–Crippen MR) is 149 cm³/mol. The highest BCUT2D eigenvalue weighted by molar-refractivity contribution is 5.99. The summed E-state index contributed by atoms with van der Waals surface area (Å²) in [6.07, 6.45) is 0. The van der Waals surface area contributed by atoms with Crippen molar-refractivity contribution in [2.45, 2.75) is 52.4 Å². The zero-order valence-corrected chi connectivity index (χ0v) is 21.2. The fourth-order valence-corrected chi connectivity index (χ4v) is 4.41. The largest absolute Gasteiger partial charge is 0.399 e. The summed E-state index contributed by atoms with van der Waals surface area (Å²) in [7, 11) is 0. The van der Waals surface area contributed by atoms with Gasteiger partial charge in [0.25, 0.3) is 0 Å². The highest BCUT2D eigenvalue weighted by Gasteiger charge is 2.20. The molecule has 34 heavy (non-hydrogen) atoms. The van der Waals surface area contributed by atoms with Crippen LogP contribution in [0.15, 0.2) is 84.9 Å². The van der Waals surface area contributed by atoms with Gasteiger partial charge in [-0.3, -0.25) is 0 Å². The molecule has 174 valence electrons. The number of hydrogen-bond acceptors (Lipinski definition) is 2. The van der Waals surface area contributed by atoms with Crippen LogP contribution in [0.5, 0.6) is 0 Å². The van der Waals surface area contributed by atoms with E-state index < -0.39 is 0 Å². The van der Waals surface area contributed by atoms with E-state index in [0.717, 1.165) is 44.8 Å². The van der Waals surface area contributed by atoms with Crippen LogP contribution in [0.2, 0.25) is 0 Å². The van der Waals surface area contributed by atoms with Crippen LogP contribution in [0.1, 0.15) is 52.7 Å². The second-order valence-corrected chi connectivity index (χ2v) is 11.2. The van der Waals surface area contributed by atoms with Crippen molar-refractivity contribution in [1.82, 2.24) is 0 Å². The predicted octanol–water partition coefficient (Wildman–Crippen LogP) is 8.45. The molecular formula is C32H36N2. The lowest BCUT2D eigenvalue weighted by Crippen LogP contribution is -2.10. The molecule has 2 heteroatoms. The van der Waals surface area contributed by atoms with Crippen LogP contribution in [0.25, 0.3) is 33.4 Å². The van der Waals surface area contributed by atoms with Crippen molar-refractivity contribution in [3.05, 3.63) is 96.1 Å². The zero-order chi connectivity index (χ0) is 24.7. The van der Waals surface area contributed by atoms with E-state index in [9.17, 15) is 0 Å². The van der Waals surface area contributed by atoms with E-state index in [1.807, 2.05) is 18.2 Å². The molecule has 0 atom stereocenters. The molecule has 0 saturated carbocycles. The SMILES string of the molecule is CC(C)(C)c1ccc(-c2c(N)ccc(-c3ccc(N)cc3)c2-c2ccc(C(C)(C)C)cc2)cc1. The minimum Gasteiger partial charge on any atom is -0.399 e. The van der Waals surface area contributed by atoms with Crippen LogP contribution in [0.3, 0.4) is 0 Å². The van der Waals surface area contributed by atoms with Crippen molar-refractivity contribution in [2.75, 3.05) is 11.5 Å². The lowest BCUT2D eigenvalue weighted by molar-refractivity contribution is 0.590. The zero-order valence-electron chi connectivity index (χ0n) is 21.2. The maximum absolute atomic E-state index is 6.66. The number of anilines is 2. The van der Waals surface area contributed by atoms with E-state index in [1.165, 1.54) is 11.1 Å². The fraction of sp³-hybridized carbons (Fsp3) is 0.250. The maximum Gasteiger partial charge on any atom is 0.0400 e. The summed E-state index contributed by atoms with van der Waals surface area (Å²) < 4.78 is 0. The van der Waals surface area contributed by atoms with Gasteiger partial charge in [0.1, 0.15) is 0 Å². The van der Waals surface area contributed by atoms with E-state index in [0.29, 0.717) is 0 Å². The van der Waals surface area contributed by atoms with Gasteiger partial charge in [-0.1, -0.05) is 108 Å². The van der Waals surface area contributed by atoms with Crippen LogP contribution in [-0.2, 0) is 10.8 Å². The first-order chi connectivity index (χ1) is 15.9. The summed E-state index contributed by atoms with van der Waals surface area (Å²) in [4.78, 5) is 0. The minimum atomic E-state index is 0.0969. The quantitative estimate of drug-likeness (QED) is 0.309. The summed E-state index contributed by atoms with van der Waals surface area (Å²) in [5.74, 6) is 0. The third-order valence-electron chi connectivity index (χ3n) is 6.54. The Morgan fingerprint density at radius 3 is 1.29 bits per heavy atom. The number of nitrogen functional groups attached to an aromatic ring is 2. The smallest absolute Gasteiger partial charge is 0.0400 e. The molecule has 4 N–H and O–H groups in total. The molecule has 0 saturated heterocycles. The lowest BCUT2D eigenvalue weighted by Gasteiger charge is -2.22. The van der Waals surface area contributed by atoms with Gasteiger partial charge in [0.2, 0.25) is 0 Å². The average Bonchev–Trinajstić information content (AvgIpc) is 2.78. The second-order valence-electron chi connectivity index (χ2n) is 11.2. The molecule has 0 heterocycles. The molecule has 0 amide bonds. The number of hydrogen-bond donors (Lipinski definition) is 2. The average molecular weight is 449 g/mol. The van der Waals surface area contributed by atoms with Gasteiger partial charge in [-0.25, -0.2) is 0 Å². The van der Waals surface area contributed by atoms with Crippen LogP contribution in [0.4, 0.5) is 11.4 Å². The fourth-order valence-electron chi connectivity index (χ4n) is 4.41. The first-order valence-electron chi connectivity index (χ1n) is 12.0. The summed E-state index contributed by atoms with van der Waals surface area (Å²) in [6, 6.07) is 30.0. The molecule has 0 spiro atoms. The van der Waals surface area contributed by atoms with Crippen LogP contribution in [0, 0.1) is 0 Å². The summed E-state index contributed by atoms with van der Waals surface area (Å²) in [5.41, 5.74) is 23.8. The number of benzene rings is 4. The number of nitrogens with two attached hydrogens (primary N) is 2. The molecule has 0 aromatic heterocycles. The summed E-state index contributed by atoms with van der Waals surface area (Å²) in [5, 5.41) is 0. The highest BCUT2D eigenvalue weighted by atomic mass is 14.6. The van der Waals surface area contributed by atoms with Crippen LogP contribution >= 0.6 is 0 Å². The molecule has 0 aliphatic carbocycles. The monoisotopic (exact) mass is 448 g/mol. The van der Waals surface area contributed by atoms with E-state index in [-0.39, 0.29) is 10.8 Å². The van der Waals surface area contributed by atoms with Gasteiger partial charge in [-0.05, 0) is 68.0 Å². The van der Waals surface area contributed by atoms with E-state index in [4.69, 9.17) is 11.5 Å². The van der Waals surface area contributed by atoms with E-state index in [2.05, 4.69) is 108 Å². The van der Waals surface area contributed by atoms with E-state index in [1.54, 1.807) is 0 Å². The molecule has 0 aliphatic rings. The van der Waals surface area contributed by atoms with Crippen LogP contribution < -0.4 is 11.5 Å². The molecule has 2 nitrogen and oxygen atoms in total. The third kappa shape index (κ3) is 4.72. The minimum absolute atomic E-state index is 0.0969. The van der Waals surface area contributed by atoms with Gasteiger partial charge in [-0.2, -0.15) is 0 Å². The summed E-state index contributed by atoms with van der Waals surface area (Å²) >= 11 is 0. The Morgan fingerprint density at radius 1 is 0.441 bits per heavy atom. The van der Waals surface area contributed by atoms with Gasteiger partial charge in [0, 0.05) is 16.9 Å². The maximum atomic E-state index is 6.66. The molecule has 0 bridgehead atoms. The van der Waals surface area contributed by atoms with Crippen molar-refractivity contribution < 1.29 is 0 Å². The molecule has 0 radical (unpaired) electrons. The van der Waals surface area contributed by atoms with Crippen molar-refractivity contribution in [2.24, 2.45) is 0 Å². The highest BCUT2D eigenvalue weighted by Crippen LogP contribution is 2.44. The first kappa shape index (κ1) is 23.6. The Labute approximate surface area is 204 Å². The van der Waals surface area contributed by atoms with Gasteiger partial charge in [0.05, 0.1) is 0 Å². The molecule has 0 unspecified atom stereocenters. The molecular weight excluding hydrogens is 412 g/mol. The third-order valence-corrected chi connectivity index (χ3v) is 6.54. The second kappa shape index (κ2) is 8.68. The number of rotatable bonds is 3. The van der Waals surface area contributed by atoms with Crippen molar-refractivity contribution >= 4 is 11.4 Å². The first-order valence-corrected chi connectivity index (χ1v) is 12.0. The molecule has 0 aliphatic heterocycles. The van der Waals surface area contributed by atoms with Crippen molar-refractivity contribution in [3.8, 4) is 33.4 Å². The Hall–Kier alpha value is -3.52.